The smallest absolute Gasteiger partial charge is 0.231 e. The fourth-order valence-corrected chi connectivity index (χ4v) is 1.49. The zero-order valence-corrected chi connectivity index (χ0v) is 10.1. The Kier molecular flexibility index (Phi) is 4.75. The van der Waals surface area contributed by atoms with Gasteiger partial charge in [-0.25, -0.2) is 0 Å². The Morgan fingerprint density at radius 2 is 2.07 bits per heavy atom. The van der Waals surface area contributed by atoms with Gasteiger partial charge in [0.1, 0.15) is 0 Å². The third kappa shape index (κ3) is 3.30. The van der Waals surface area contributed by atoms with Gasteiger partial charge in [-0.05, 0) is 19.9 Å². The quantitative estimate of drug-likeness (QED) is 0.783. The van der Waals surface area contributed by atoms with Gasteiger partial charge < -0.3 is 9.84 Å². The van der Waals surface area contributed by atoms with Gasteiger partial charge in [0.2, 0.25) is 5.89 Å². The van der Waals surface area contributed by atoms with Crippen LogP contribution < -0.4 is 5.32 Å². The summed E-state index contributed by atoms with van der Waals surface area (Å²) in [7, 11) is 0. The van der Waals surface area contributed by atoms with E-state index in [-0.39, 0.29) is 5.92 Å². The molecule has 1 aromatic heterocycles. The number of nitrogens with zero attached hydrogens (tertiary/aromatic N) is 2. The highest BCUT2D eigenvalue weighted by atomic mass is 16.5. The third-order valence-corrected chi connectivity index (χ3v) is 2.62. The van der Waals surface area contributed by atoms with Crippen LogP contribution >= 0.6 is 0 Å². The number of rotatable bonds is 6. The molecule has 0 saturated carbocycles. The van der Waals surface area contributed by atoms with Crippen molar-refractivity contribution >= 4 is 0 Å². The third-order valence-electron chi connectivity index (χ3n) is 2.62. The molecule has 15 heavy (non-hydrogen) atoms. The van der Waals surface area contributed by atoms with Gasteiger partial charge in [0.25, 0.3) is 0 Å². The van der Waals surface area contributed by atoms with Crippen LogP contribution in [-0.4, -0.2) is 22.7 Å². The predicted molar refractivity (Wildman–Crippen MR) is 59.8 cm³/mol. The largest absolute Gasteiger partial charge is 0.339 e. The van der Waals surface area contributed by atoms with E-state index in [1.54, 1.807) is 0 Å². The van der Waals surface area contributed by atoms with Crippen LogP contribution in [0.15, 0.2) is 4.52 Å². The lowest BCUT2D eigenvalue weighted by Crippen LogP contribution is -2.30. The van der Waals surface area contributed by atoms with E-state index in [0.717, 1.165) is 31.1 Å². The molecule has 0 spiro atoms. The molecule has 0 bridgehead atoms. The maximum absolute atomic E-state index is 5.25. The normalized spacial score (nSPS) is 15.2. The molecule has 1 aromatic rings. The number of aromatic nitrogens is 2. The zero-order chi connectivity index (χ0) is 11.3. The zero-order valence-electron chi connectivity index (χ0n) is 10.1. The Morgan fingerprint density at radius 1 is 1.33 bits per heavy atom. The highest BCUT2D eigenvalue weighted by Gasteiger charge is 2.19. The average Bonchev–Trinajstić information content (AvgIpc) is 2.66. The van der Waals surface area contributed by atoms with E-state index < -0.39 is 0 Å². The fourth-order valence-electron chi connectivity index (χ4n) is 1.49. The summed E-state index contributed by atoms with van der Waals surface area (Å²) in [5.41, 5.74) is 0. The molecule has 4 heteroatoms. The molecule has 1 heterocycles. The van der Waals surface area contributed by atoms with Crippen molar-refractivity contribution in [1.29, 1.82) is 0 Å². The van der Waals surface area contributed by atoms with E-state index in [1.807, 2.05) is 0 Å². The Morgan fingerprint density at radius 3 is 2.67 bits per heavy atom. The van der Waals surface area contributed by atoms with Crippen LogP contribution in [0, 0.1) is 0 Å². The Labute approximate surface area is 91.5 Å². The molecule has 0 amide bonds. The van der Waals surface area contributed by atoms with E-state index in [2.05, 4.69) is 43.2 Å². The van der Waals surface area contributed by atoms with E-state index in [0.29, 0.717) is 6.04 Å². The van der Waals surface area contributed by atoms with Crippen LogP contribution in [0.4, 0.5) is 0 Å². The number of hydrogen-bond acceptors (Lipinski definition) is 4. The molecular formula is C11H21N3O. The van der Waals surface area contributed by atoms with Crippen LogP contribution in [-0.2, 0) is 6.42 Å². The molecule has 0 fully saturated rings. The average molecular weight is 211 g/mol. The summed E-state index contributed by atoms with van der Waals surface area (Å²) >= 11 is 0. The minimum Gasteiger partial charge on any atom is -0.339 e. The van der Waals surface area contributed by atoms with Crippen molar-refractivity contribution in [2.75, 3.05) is 6.54 Å². The summed E-state index contributed by atoms with van der Waals surface area (Å²) in [5, 5.41) is 7.31. The van der Waals surface area contributed by atoms with Gasteiger partial charge in [0.05, 0.1) is 5.92 Å². The van der Waals surface area contributed by atoms with Crippen molar-refractivity contribution in [3.8, 4) is 0 Å². The van der Waals surface area contributed by atoms with Crippen LogP contribution in [0.1, 0.15) is 51.7 Å². The lowest BCUT2D eigenvalue weighted by Gasteiger charge is -2.16. The summed E-state index contributed by atoms with van der Waals surface area (Å²) < 4.78 is 5.25. The van der Waals surface area contributed by atoms with Crippen LogP contribution in [0.2, 0.25) is 0 Å². The van der Waals surface area contributed by atoms with Gasteiger partial charge in [0, 0.05) is 12.5 Å². The van der Waals surface area contributed by atoms with Crippen molar-refractivity contribution in [2.45, 2.75) is 52.5 Å². The van der Waals surface area contributed by atoms with Crippen LogP contribution in [0.5, 0.6) is 0 Å². The van der Waals surface area contributed by atoms with Crippen LogP contribution in [0.25, 0.3) is 0 Å². The van der Waals surface area contributed by atoms with E-state index in [1.165, 1.54) is 0 Å². The van der Waals surface area contributed by atoms with Gasteiger partial charge in [-0.15, -0.1) is 0 Å². The minimum absolute atomic E-state index is 0.267. The molecule has 4 nitrogen and oxygen atoms in total. The molecule has 86 valence electrons. The van der Waals surface area contributed by atoms with Gasteiger partial charge in [0.15, 0.2) is 5.82 Å². The second-order valence-electron chi connectivity index (χ2n) is 3.93. The standard InChI is InChI=1S/C11H21N3O/c1-5-7-10-13-11(15-14-10)8(3)9(4)12-6-2/h8-9,12H,5-7H2,1-4H3. The first-order valence-corrected chi connectivity index (χ1v) is 5.74. The summed E-state index contributed by atoms with van der Waals surface area (Å²) in [6.45, 7) is 9.41. The summed E-state index contributed by atoms with van der Waals surface area (Å²) in [4.78, 5) is 4.39. The summed E-state index contributed by atoms with van der Waals surface area (Å²) in [6.07, 6.45) is 1.95. The van der Waals surface area contributed by atoms with Crippen LogP contribution in [0.3, 0.4) is 0 Å². The first kappa shape index (κ1) is 12.2. The fraction of sp³-hybridized carbons (Fsp3) is 0.818. The molecule has 0 aromatic carbocycles. The maximum Gasteiger partial charge on any atom is 0.231 e. The Balaban J connectivity index is 2.60. The molecular weight excluding hydrogens is 190 g/mol. The Bertz CT molecular complexity index is 285. The number of likely N-dealkylation sites (N-methyl/N-ethyl adjacent to an activating group) is 1. The van der Waals surface area contributed by atoms with E-state index in [4.69, 9.17) is 4.52 Å². The van der Waals surface area contributed by atoms with E-state index >= 15 is 0 Å². The van der Waals surface area contributed by atoms with Crippen molar-refractivity contribution in [1.82, 2.24) is 15.5 Å². The topological polar surface area (TPSA) is 51.0 Å². The lowest BCUT2D eigenvalue weighted by molar-refractivity contribution is 0.329. The molecule has 1 rings (SSSR count). The van der Waals surface area contributed by atoms with Crippen molar-refractivity contribution < 1.29 is 4.52 Å². The predicted octanol–water partition coefficient (Wildman–Crippen LogP) is 2.12. The molecule has 1 N–H and O–H groups in total. The number of hydrogen-bond donors (Lipinski definition) is 1. The lowest BCUT2D eigenvalue weighted by atomic mass is 10.0. The second-order valence-corrected chi connectivity index (χ2v) is 3.93. The number of aryl methyl sites for hydroxylation is 1. The highest BCUT2D eigenvalue weighted by molar-refractivity contribution is 4.96. The van der Waals surface area contributed by atoms with Crippen molar-refractivity contribution in [3.05, 3.63) is 11.7 Å². The summed E-state index contributed by atoms with van der Waals surface area (Å²) in [5.74, 6) is 1.83. The molecule has 0 radical (unpaired) electrons. The highest BCUT2D eigenvalue weighted by Crippen LogP contribution is 2.17. The van der Waals surface area contributed by atoms with Gasteiger partial charge in [-0.2, -0.15) is 4.98 Å². The summed E-state index contributed by atoms with van der Waals surface area (Å²) in [6, 6.07) is 0.366. The van der Waals surface area contributed by atoms with Gasteiger partial charge >= 0.3 is 0 Å². The maximum atomic E-state index is 5.25. The molecule has 0 saturated heterocycles. The molecule has 0 aliphatic heterocycles. The molecule has 0 aliphatic rings. The van der Waals surface area contributed by atoms with Crippen molar-refractivity contribution in [3.63, 3.8) is 0 Å². The number of nitrogens with one attached hydrogen (secondary N) is 1. The second kappa shape index (κ2) is 5.85. The van der Waals surface area contributed by atoms with Crippen molar-refractivity contribution in [2.24, 2.45) is 0 Å². The van der Waals surface area contributed by atoms with Gasteiger partial charge in [-0.3, -0.25) is 0 Å². The van der Waals surface area contributed by atoms with Gasteiger partial charge in [-0.1, -0.05) is 25.9 Å². The van der Waals surface area contributed by atoms with E-state index in [9.17, 15) is 0 Å². The SMILES string of the molecule is CCCc1noc(C(C)C(C)NCC)n1. The first-order chi connectivity index (χ1) is 7.19. The monoisotopic (exact) mass is 211 g/mol. The Hall–Kier alpha value is -0.900. The molecule has 2 atom stereocenters. The minimum atomic E-state index is 0.267. The first-order valence-electron chi connectivity index (χ1n) is 5.74. The molecule has 0 aliphatic carbocycles. The molecule has 2 unspecified atom stereocenters.